The third-order valence-corrected chi connectivity index (χ3v) is 3.67. The molecule has 0 fully saturated rings. The Balaban J connectivity index is 1.78. The van der Waals surface area contributed by atoms with Crippen molar-refractivity contribution in [3.8, 4) is 17.3 Å². The fraction of sp³-hybridized carbons (Fsp3) is 0.105. The maximum atomic E-state index is 12.6. The minimum Gasteiger partial charge on any atom is -0.360 e. The molecular formula is C19H15N3O2. The van der Waals surface area contributed by atoms with Crippen LogP contribution in [0.1, 0.15) is 27.2 Å². The van der Waals surface area contributed by atoms with Gasteiger partial charge in [0.05, 0.1) is 11.6 Å². The van der Waals surface area contributed by atoms with Crippen molar-refractivity contribution in [3.63, 3.8) is 0 Å². The van der Waals surface area contributed by atoms with Crippen LogP contribution in [0.15, 0.2) is 59.1 Å². The summed E-state index contributed by atoms with van der Waals surface area (Å²) in [6, 6.07) is 18.6. The highest BCUT2D eigenvalue weighted by Gasteiger charge is 2.21. The highest BCUT2D eigenvalue weighted by molar-refractivity contribution is 6.00. The summed E-state index contributed by atoms with van der Waals surface area (Å²) >= 11 is 0. The summed E-state index contributed by atoms with van der Waals surface area (Å²) in [5, 5.41) is 15.7. The van der Waals surface area contributed by atoms with Crippen LogP contribution < -0.4 is 5.32 Å². The molecule has 5 heteroatoms. The molecule has 1 heterocycles. The van der Waals surface area contributed by atoms with Crippen LogP contribution in [0.5, 0.6) is 0 Å². The molecule has 0 aliphatic rings. The molecule has 1 amide bonds. The maximum Gasteiger partial charge on any atom is 0.257 e. The molecule has 0 saturated carbocycles. The summed E-state index contributed by atoms with van der Waals surface area (Å²) < 4.78 is 5.21. The second-order valence-electron chi connectivity index (χ2n) is 5.32. The molecule has 0 aliphatic carbocycles. The van der Waals surface area contributed by atoms with Gasteiger partial charge < -0.3 is 9.84 Å². The maximum absolute atomic E-state index is 12.6. The quantitative estimate of drug-likeness (QED) is 0.799. The second kappa shape index (κ2) is 6.80. The number of nitrogens with zero attached hydrogens (tertiary/aromatic N) is 2. The van der Waals surface area contributed by atoms with Gasteiger partial charge in [0.1, 0.15) is 17.0 Å². The SMILES string of the molecule is Cc1onc(-c2ccccc2)c1C(=O)NCc1ccc(C#N)cc1. The summed E-state index contributed by atoms with van der Waals surface area (Å²) in [6.45, 7) is 2.08. The fourth-order valence-corrected chi connectivity index (χ4v) is 2.40. The lowest BCUT2D eigenvalue weighted by Gasteiger charge is -2.06. The largest absolute Gasteiger partial charge is 0.360 e. The Kier molecular flexibility index (Phi) is 4.39. The van der Waals surface area contributed by atoms with Crippen molar-refractivity contribution in [1.29, 1.82) is 5.26 Å². The number of aromatic nitrogens is 1. The number of benzene rings is 2. The number of nitriles is 1. The molecule has 0 radical (unpaired) electrons. The average Bonchev–Trinajstić information content (AvgIpc) is 3.02. The Morgan fingerprint density at radius 3 is 2.54 bits per heavy atom. The number of carbonyl (C=O) groups is 1. The van der Waals surface area contributed by atoms with Gasteiger partial charge in [-0.2, -0.15) is 5.26 Å². The normalized spacial score (nSPS) is 10.2. The van der Waals surface area contributed by atoms with E-state index in [1.54, 1.807) is 19.1 Å². The molecule has 3 aromatic rings. The van der Waals surface area contributed by atoms with Crippen molar-refractivity contribution in [2.45, 2.75) is 13.5 Å². The van der Waals surface area contributed by atoms with Gasteiger partial charge in [-0.1, -0.05) is 47.6 Å². The Morgan fingerprint density at radius 2 is 1.88 bits per heavy atom. The van der Waals surface area contributed by atoms with Crippen LogP contribution in [0.2, 0.25) is 0 Å². The summed E-state index contributed by atoms with van der Waals surface area (Å²) in [5.74, 6) is 0.239. The van der Waals surface area contributed by atoms with Crippen LogP contribution in [0.25, 0.3) is 11.3 Å². The molecule has 0 bridgehead atoms. The molecule has 0 spiro atoms. The zero-order chi connectivity index (χ0) is 16.9. The number of carbonyl (C=O) groups excluding carboxylic acids is 1. The van der Waals surface area contributed by atoms with Gasteiger partial charge in [-0.3, -0.25) is 4.79 Å². The Bertz CT molecular complexity index is 891. The monoisotopic (exact) mass is 317 g/mol. The molecule has 0 saturated heterocycles. The molecule has 1 N–H and O–H groups in total. The van der Waals surface area contributed by atoms with Gasteiger partial charge >= 0.3 is 0 Å². The van der Waals surface area contributed by atoms with E-state index in [0.29, 0.717) is 29.1 Å². The van der Waals surface area contributed by atoms with Crippen LogP contribution in [-0.2, 0) is 6.54 Å². The van der Waals surface area contributed by atoms with Gasteiger partial charge in [0.15, 0.2) is 0 Å². The van der Waals surface area contributed by atoms with Crippen molar-refractivity contribution in [1.82, 2.24) is 10.5 Å². The predicted molar refractivity (Wildman–Crippen MR) is 89.0 cm³/mol. The summed E-state index contributed by atoms with van der Waals surface area (Å²) in [4.78, 5) is 12.6. The number of rotatable bonds is 4. The topological polar surface area (TPSA) is 78.9 Å². The zero-order valence-corrected chi connectivity index (χ0v) is 13.1. The van der Waals surface area contributed by atoms with Crippen molar-refractivity contribution in [2.24, 2.45) is 0 Å². The van der Waals surface area contributed by atoms with Crippen LogP contribution >= 0.6 is 0 Å². The molecule has 3 rings (SSSR count). The highest BCUT2D eigenvalue weighted by atomic mass is 16.5. The average molecular weight is 317 g/mol. The second-order valence-corrected chi connectivity index (χ2v) is 5.32. The third-order valence-electron chi connectivity index (χ3n) is 3.67. The minimum absolute atomic E-state index is 0.239. The first-order valence-electron chi connectivity index (χ1n) is 7.48. The number of hydrogen-bond donors (Lipinski definition) is 1. The standard InChI is InChI=1S/C19H15N3O2/c1-13-17(18(22-24-13)16-5-3-2-4-6-16)19(23)21-12-15-9-7-14(11-20)8-10-15/h2-10H,12H2,1H3,(H,21,23). The smallest absolute Gasteiger partial charge is 0.257 e. The molecule has 24 heavy (non-hydrogen) atoms. The van der Waals surface area contributed by atoms with Gasteiger partial charge in [0.2, 0.25) is 0 Å². The van der Waals surface area contributed by atoms with Crippen molar-refractivity contribution in [2.75, 3.05) is 0 Å². The fourth-order valence-electron chi connectivity index (χ4n) is 2.40. The third kappa shape index (κ3) is 3.18. The highest BCUT2D eigenvalue weighted by Crippen LogP contribution is 2.24. The lowest BCUT2D eigenvalue weighted by molar-refractivity contribution is 0.0950. The van der Waals surface area contributed by atoms with Gasteiger partial charge in [0.25, 0.3) is 5.91 Å². The molecule has 0 unspecified atom stereocenters. The van der Waals surface area contributed by atoms with E-state index in [2.05, 4.69) is 16.5 Å². The van der Waals surface area contributed by atoms with Gasteiger partial charge in [-0.25, -0.2) is 0 Å². The Morgan fingerprint density at radius 1 is 1.17 bits per heavy atom. The zero-order valence-electron chi connectivity index (χ0n) is 13.1. The van der Waals surface area contributed by atoms with E-state index in [4.69, 9.17) is 9.78 Å². The minimum atomic E-state index is -0.239. The number of nitrogens with one attached hydrogen (secondary N) is 1. The predicted octanol–water partition coefficient (Wildman–Crippen LogP) is 3.45. The number of aryl methyl sites for hydroxylation is 1. The van der Waals surface area contributed by atoms with E-state index < -0.39 is 0 Å². The molecule has 118 valence electrons. The summed E-state index contributed by atoms with van der Waals surface area (Å²) in [7, 11) is 0. The van der Waals surface area contributed by atoms with Crippen LogP contribution in [0.4, 0.5) is 0 Å². The molecular weight excluding hydrogens is 302 g/mol. The van der Waals surface area contributed by atoms with E-state index in [1.165, 1.54) is 0 Å². The van der Waals surface area contributed by atoms with E-state index >= 15 is 0 Å². The summed E-state index contributed by atoms with van der Waals surface area (Å²) in [6.07, 6.45) is 0. The van der Waals surface area contributed by atoms with Crippen LogP contribution in [0, 0.1) is 18.3 Å². The van der Waals surface area contributed by atoms with Crippen molar-refractivity contribution < 1.29 is 9.32 Å². The molecule has 0 atom stereocenters. The van der Waals surface area contributed by atoms with Crippen LogP contribution in [-0.4, -0.2) is 11.1 Å². The van der Waals surface area contributed by atoms with Crippen LogP contribution in [0.3, 0.4) is 0 Å². The van der Waals surface area contributed by atoms with Gasteiger partial charge in [-0.05, 0) is 24.6 Å². The first-order valence-corrected chi connectivity index (χ1v) is 7.48. The van der Waals surface area contributed by atoms with E-state index in [9.17, 15) is 4.79 Å². The molecule has 5 nitrogen and oxygen atoms in total. The number of hydrogen-bond acceptors (Lipinski definition) is 4. The van der Waals surface area contributed by atoms with E-state index in [-0.39, 0.29) is 5.91 Å². The number of amides is 1. The van der Waals surface area contributed by atoms with E-state index in [0.717, 1.165) is 11.1 Å². The first-order chi connectivity index (χ1) is 11.7. The summed E-state index contributed by atoms with van der Waals surface area (Å²) in [5.41, 5.74) is 3.31. The lowest BCUT2D eigenvalue weighted by atomic mass is 10.1. The molecule has 0 aliphatic heterocycles. The first kappa shape index (κ1) is 15.5. The lowest BCUT2D eigenvalue weighted by Crippen LogP contribution is -2.23. The van der Waals surface area contributed by atoms with Gasteiger partial charge in [0, 0.05) is 12.1 Å². The van der Waals surface area contributed by atoms with Gasteiger partial charge in [-0.15, -0.1) is 0 Å². The Hall–Kier alpha value is -3.39. The molecule has 1 aromatic heterocycles. The van der Waals surface area contributed by atoms with E-state index in [1.807, 2.05) is 42.5 Å². The van der Waals surface area contributed by atoms with Crippen molar-refractivity contribution >= 4 is 5.91 Å². The Labute approximate surface area is 139 Å². The molecule has 2 aromatic carbocycles. The van der Waals surface area contributed by atoms with Crippen molar-refractivity contribution in [3.05, 3.63) is 77.0 Å².